The van der Waals surface area contributed by atoms with Crippen LogP contribution >= 0.6 is 0 Å². The molecule has 2 fully saturated rings. The van der Waals surface area contributed by atoms with Gasteiger partial charge in [-0.1, -0.05) is 26.8 Å². The van der Waals surface area contributed by atoms with Gasteiger partial charge in [0.1, 0.15) is 6.07 Å². The molecule has 0 N–H and O–H groups in total. The standard InChI is InChI=1S/C19H24N2O4S/c1-18(2)10-15-11-19(3,12-18)13-21(15)26(23,24)16-6-4-5-14(9-16)17(22)25-8-7-20/h4-6,9,15H,8,10-13H2,1-3H3/t15-,19-/m1/s1. The molecule has 2 bridgehead atoms. The number of carbonyl (C=O) groups is 1. The van der Waals surface area contributed by atoms with Crippen molar-refractivity contribution < 1.29 is 17.9 Å². The van der Waals surface area contributed by atoms with Gasteiger partial charge in [0.25, 0.3) is 0 Å². The van der Waals surface area contributed by atoms with Gasteiger partial charge in [0.05, 0.1) is 10.5 Å². The lowest BCUT2D eigenvalue weighted by Gasteiger charge is -2.39. The number of carbonyl (C=O) groups excluding carboxylic acids is 1. The van der Waals surface area contributed by atoms with Gasteiger partial charge in [-0.2, -0.15) is 9.57 Å². The van der Waals surface area contributed by atoms with E-state index in [0.717, 1.165) is 19.3 Å². The fourth-order valence-corrected chi connectivity index (χ4v) is 6.61. The van der Waals surface area contributed by atoms with Crippen LogP contribution in [0.4, 0.5) is 0 Å². The predicted molar refractivity (Wildman–Crippen MR) is 95.8 cm³/mol. The van der Waals surface area contributed by atoms with E-state index in [1.54, 1.807) is 10.4 Å². The third kappa shape index (κ3) is 3.49. The molecular weight excluding hydrogens is 352 g/mol. The van der Waals surface area contributed by atoms with Crippen LogP contribution in [0.1, 0.15) is 50.4 Å². The third-order valence-corrected chi connectivity index (χ3v) is 7.21. The van der Waals surface area contributed by atoms with Crippen molar-refractivity contribution in [3.63, 3.8) is 0 Å². The number of nitriles is 1. The van der Waals surface area contributed by atoms with Crippen LogP contribution in [-0.4, -0.2) is 37.9 Å². The maximum atomic E-state index is 13.2. The Labute approximate surface area is 154 Å². The Morgan fingerprint density at radius 2 is 2.08 bits per heavy atom. The number of rotatable bonds is 4. The van der Waals surface area contributed by atoms with Gasteiger partial charge in [-0.15, -0.1) is 0 Å². The summed E-state index contributed by atoms with van der Waals surface area (Å²) in [6.07, 6.45) is 2.72. The minimum atomic E-state index is -3.70. The minimum absolute atomic E-state index is 0.0111. The second-order valence-corrected chi connectivity index (χ2v) is 10.4. The van der Waals surface area contributed by atoms with Crippen molar-refractivity contribution in [1.82, 2.24) is 4.31 Å². The molecule has 1 aliphatic carbocycles. The van der Waals surface area contributed by atoms with E-state index < -0.39 is 16.0 Å². The SMILES string of the molecule is CC1(C)C[C@@H]2C[C@@](C)(CN2S(=O)(=O)c2cccc(C(=O)OCC#N)c2)C1. The zero-order valence-electron chi connectivity index (χ0n) is 15.4. The Bertz CT molecular complexity index is 872. The lowest BCUT2D eigenvalue weighted by atomic mass is 9.65. The van der Waals surface area contributed by atoms with Gasteiger partial charge in [0, 0.05) is 12.6 Å². The molecule has 140 valence electrons. The van der Waals surface area contributed by atoms with Crippen LogP contribution in [0.15, 0.2) is 29.2 Å². The van der Waals surface area contributed by atoms with Crippen molar-refractivity contribution in [3.8, 4) is 6.07 Å². The van der Waals surface area contributed by atoms with Crippen LogP contribution in [0.5, 0.6) is 0 Å². The molecule has 2 aliphatic rings. The van der Waals surface area contributed by atoms with Crippen LogP contribution in [0, 0.1) is 22.2 Å². The Morgan fingerprint density at radius 3 is 2.77 bits per heavy atom. The second kappa shape index (κ2) is 6.36. The topological polar surface area (TPSA) is 87.5 Å². The molecule has 0 aromatic heterocycles. The van der Waals surface area contributed by atoms with E-state index in [-0.39, 0.29) is 33.9 Å². The molecule has 1 saturated carbocycles. The van der Waals surface area contributed by atoms with E-state index in [0.29, 0.717) is 6.54 Å². The summed E-state index contributed by atoms with van der Waals surface area (Å²) < 4.78 is 32.9. The quantitative estimate of drug-likeness (QED) is 0.754. The van der Waals surface area contributed by atoms with Crippen molar-refractivity contribution in [2.45, 2.75) is 51.0 Å². The first-order valence-corrected chi connectivity index (χ1v) is 10.2. The molecular formula is C19H24N2O4S. The predicted octanol–water partition coefficient (Wildman–Crippen LogP) is 2.96. The van der Waals surface area contributed by atoms with E-state index in [9.17, 15) is 13.2 Å². The largest absolute Gasteiger partial charge is 0.447 e. The van der Waals surface area contributed by atoms with Crippen LogP contribution in [-0.2, 0) is 14.8 Å². The van der Waals surface area contributed by atoms with E-state index in [2.05, 4.69) is 20.8 Å². The molecule has 6 nitrogen and oxygen atoms in total. The first-order chi connectivity index (χ1) is 12.1. The summed E-state index contributed by atoms with van der Waals surface area (Å²) in [7, 11) is -3.70. The highest BCUT2D eigenvalue weighted by Crippen LogP contribution is 2.53. The monoisotopic (exact) mass is 376 g/mol. The molecule has 1 heterocycles. The van der Waals surface area contributed by atoms with Gasteiger partial charge in [0.15, 0.2) is 6.61 Å². The van der Waals surface area contributed by atoms with Crippen LogP contribution < -0.4 is 0 Å². The summed E-state index contributed by atoms with van der Waals surface area (Å²) in [5.41, 5.74) is 0.239. The molecule has 7 heteroatoms. The number of hydrogen-bond donors (Lipinski definition) is 0. The molecule has 1 aliphatic heterocycles. The van der Waals surface area contributed by atoms with Crippen molar-refractivity contribution >= 4 is 16.0 Å². The Hall–Kier alpha value is -1.91. The molecule has 0 spiro atoms. The van der Waals surface area contributed by atoms with Gasteiger partial charge < -0.3 is 4.74 Å². The summed E-state index contributed by atoms with van der Waals surface area (Å²) in [5, 5.41) is 8.51. The zero-order valence-corrected chi connectivity index (χ0v) is 16.2. The molecule has 1 saturated heterocycles. The van der Waals surface area contributed by atoms with Crippen LogP contribution in [0.25, 0.3) is 0 Å². The maximum Gasteiger partial charge on any atom is 0.339 e. The number of fused-ring (bicyclic) bond motifs is 2. The number of hydrogen-bond acceptors (Lipinski definition) is 5. The number of sulfonamides is 1. The van der Waals surface area contributed by atoms with E-state index in [4.69, 9.17) is 10.00 Å². The van der Waals surface area contributed by atoms with E-state index >= 15 is 0 Å². The van der Waals surface area contributed by atoms with Crippen molar-refractivity contribution in [3.05, 3.63) is 29.8 Å². The second-order valence-electron chi connectivity index (χ2n) is 8.53. The number of nitrogens with zero attached hydrogens (tertiary/aromatic N) is 2. The number of esters is 1. The first kappa shape index (κ1) is 18.9. The lowest BCUT2D eigenvalue weighted by Crippen LogP contribution is -2.37. The Kier molecular flexibility index (Phi) is 4.62. The minimum Gasteiger partial charge on any atom is -0.447 e. The molecule has 26 heavy (non-hydrogen) atoms. The molecule has 0 radical (unpaired) electrons. The van der Waals surface area contributed by atoms with Gasteiger partial charge >= 0.3 is 5.97 Å². The smallest absolute Gasteiger partial charge is 0.339 e. The summed E-state index contributed by atoms with van der Waals surface area (Å²) in [5.74, 6) is -0.697. The Morgan fingerprint density at radius 1 is 1.35 bits per heavy atom. The van der Waals surface area contributed by atoms with E-state index in [1.807, 2.05) is 0 Å². The average molecular weight is 376 g/mol. The van der Waals surface area contributed by atoms with E-state index in [1.165, 1.54) is 24.3 Å². The van der Waals surface area contributed by atoms with Crippen molar-refractivity contribution in [2.75, 3.05) is 13.2 Å². The average Bonchev–Trinajstić information content (AvgIpc) is 2.82. The van der Waals surface area contributed by atoms with Crippen molar-refractivity contribution in [2.24, 2.45) is 10.8 Å². The van der Waals surface area contributed by atoms with Gasteiger partial charge in [0.2, 0.25) is 10.0 Å². The highest BCUT2D eigenvalue weighted by molar-refractivity contribution is 7.89. The summed E-state index contributed by atoms with van der Waals surface area (Å²) in [4.78, 5) is 12.0. The van der Waals surface area contributed by atoms with Crippen LogP contribution in [0.3, 0.4) is 0 Å². The number of benzene rings is 1. The van der Waals surface area contributed by atoms with Crippen LogP contribution in [0.2, 0.25) is 0 Å². The molecule has 3 rings (SSSR count). The molecule has 1 aromatic carbocycles. The first-order valence-electron chi connectivity index (χ1n) is 8.72. The van der Waals surface area contributed by atoms with Crippen molar-refractivity contribution in [1.29, 1.82) is 5.26 Å². The molecule has 0 amide bonds. The normalized spacial score (nSPS) is 27.7. The summed E-state index contributed by atoms with van der Waals surface area (Å²) in [6, 6.07) is 7.58. The van der Waals surface area contributed by atoms with Gasteiger partial charge in [-0.05, 0) is 48.3 Å². The summed E-state index contributed by atoms with van der Waals surface area (Å²) >= 11 is 0. The zero-order chi connectivity index (χ0) is 19.2. The molecule has 1 aromatic rings. The fourth-order valence-electron chi connectivity index (χ4n) is 4.79. The number of ether oxygens (including phenoxy) is 1. The Balaban J connectivity index is 1.90. The van der Waals surface area contributed by atoms with Gasteiger partial charge in [-0.25, -0.2) is 13.2 Å². The fraction of sp³-hybridized carbons (Fsp3) is 0.579. The summed E-state index contributed by atoms with van der Waals surface area (Å²) in [6.45, 7) is 6.69. The highest BCUT2D eigenvalue weighted by atomic mass is 32.2. The molecule has 2 atom stereocenters. The lowest BCUT2D eigenvalue weighted by molar-refractivity contribution is 0.0554. The molecule has 0 unspecified atom stereocenters. The maximum absolute atomic E-state index is 13.2. The van der Waals surface area contributed by atoms with Gasteiger partial charge in [-0.3, -0.25) is 0 Å². The highest BCUT2D eigenvalue weighted by Gasteiger charge is 2.53. The third-order valence-electron chi connectivity index (χ3n) is 5.31.